The van der Waals surface area contributed by atoms with Gasteiger partial charge in [0.05, 0.1) is 0 Å². The molecule has 24 heavy (non-hydrogen) atoms. The van der Waals surface area contributed by atoms with Crippen molar-refractivity contribution in [2.24, 2.45) is 0 Å². The summed E-state index contributed by atoms with van der Waals surface area (Å²) in [6.07, 6.45) is 5.87. The topological polar surface area (TPSA) is 86.9 Å². The Balaban J connectivity index is 1.46. The van der Waals surface area contributed by atoms with Crippen molar-refractivity contribution in [1.29, 1.82) is 0 Å². The van der Waals surface area contributed by atoms with Crippen LogP contribution in [0.25, 0.3) is 10.9 Å². The predicted molar refractivity (Wildman–Crippen MR) is 91.1 cm³/mol. The first-order chi connectivity index (χ1) is 11.7. The number of carbonyl (C=O) groups excluding carboxylic acids is 2. The second-order valence-corrected chi connectivity index (χ2v) is 5.40. The zero-order valence-electron chi connectivity index (χ0n) is 13.1. The number of hydrogen-bond acceptors (Lipinski definition) is 3. The highest BCUT2D eigenvalue weighted by molar-refractivity contribution is 6.35. The van der Waals surface area contributed by atoms with E-state index in [4.69, 9.17) is 0 Å². The Bertz CT molecular complexity index is 842. The van der Waals surface area contributed by atoms with Crippen LogP contribution in [0, 0.1) is 0 Å². The molecule has 3 N–H and O–H groups in total. The number of aromatic nitrogens is 2. The summed E-state index contributed by atoms with van der Waals surface area (Å²) in [4.78, 5) is 30.7. The number of carbonyl (C=O) groups is 2. The Hall–Kier alpha value is -3.15. The summed E-state index contributed by atoms with van der Waals surface area (Å²) < 4.78 is 0. The van der Waals surface area contributed by atoms with Crippen molar-refractivity contribution in [3.63, 3.8) is 0 Å². The standard InChI is InChI=1S/C18H18N4O2/c23-17(18(24)22-11-13-5-8-19-9-6-13)20-10-7-14-12-21-16-4-2-1-3-15(14)16/h1-6,8-9,12,21H,7,10-11H2,(H,20,23)(H,22,24). The molecule has 6 heteroatoms. The summed E-state index contributed by atoms with van der Waals surface area (Å²) in [5.41, 5.74) is 3.07. The fraction of sp³-hybridized carbons (Fsp3) is 0.167. The highest BCUT2D eigenvalue weighted by Crippen LogP contribution is 2.17. The van der Waals surface area contributed by atoms with Crippen LogP contribution in [0.2, 0.25) is 0 Å². The van der Waals surface area contributed by atoms with Crippen molar-refractivity contribution < 1.29 is 9.59 Å². The summed E-state index contributed by atoms with van der Waals surface area (Å²) in [7, 11) is 0. The molecule has 3 rings (SSSR count). The summed E-state index contributed by atoms with van der Waals surface area (Å²) in [6.45, 7) is 0.709. The van der Waals surface area contributed by atoms with E-state index in [0.29, 0.717) is 19.5 Å². The number of para-hydroxylation sites is 1. The van der Waals surface area contributed by atoms with Crippen molar-refractivity contribution in [1.82, 2.24) is 20.6 Å². The van der Waals surface area contributed by atoms with Gasteiger partial charge in [0, 0.05) is 42.6 Å². The number of amides is 2. The SMILES string of the molecule is O=C(NCCc1c[nH]c2ccccc12)C(=O)NCc1ccncc1. The molecule has 0 spiro atoms. The third-order valence-corrected chi connectivity index (χ3v) is 3.76. The second-order valence-electron chi connectivity index (χ2n) is 5.40. The number of rotatable bonds is 5. The van der Waals surface area contributed by atoms with Gasteiger partial charge in [0.25, 0.3) is 0 Å². The van der Waals surface area contributed by atoms with Gasteiger partial charge in [-0.05, 0) is 35.7 Å². The number of nitrogens with one attached hydrogen (secondary N) is 3. The van der Waals surface area contributed by atoms with E-state index in [0.717, 1.165) is 22.0 Å². The lowest BCUT2D eigenvalue weighted by atomic mass is 10.1. The minimum absolute atomic E-state index is 0.303. The molecule has 0 saturated heterocycles. The minimum atomic E-state index is -0.634. The number of H-pyrrole nitrogens is 1. The monoisotopic (exact) mass is 322 g/mol. The Labute approximate surface area is 139 Å². The fourth-order valence-electron chi connectivity index (χ4n) is 2.49. The van der Waals surface area contributed by atoms with Gasteiger partial charge in [0.1, 0.15) is 0 Å². The van der Waals surface area contributed by atoms with Crippen molar-refractivity contribution >= 4 is 22.7 Å². The number of aromatic amines is 1. The first-order valence-electron chi connectivity index (χ1n) is 7.74. The van der Waals surface area contributed by atoms with Gasteiger partial charge in [-0.1, -0.05) is 18.2 Å². The molecule has 0 unspecified atom stereocenters. The van der Waals surface area contributed by atoms with E-state index in [-0.39, 0.29) is 0 Å². The molecule has 0 bridgehead atoms. The molecule has 0 aliphatic rings. The third-order valence-electron chi connectivity index (χ3n) is 3.76. The molecule has 0 atom stereocenters. The van der Waals surface area contributed by atoms with E-state index in [2.05, 4.69) is 20.6 Å². The lowest BCUT2D eigenvalue weighted by molar-refractivity contribution is -0.139. The Morgan fingerprint density at radius 1 is 1.00 bits per heavy atom. The van der Waals surface area contributed by atoms with Gasteiger partial charge in [-0.3, -0.25) is 14.6 Å². The maximum atomic E-state index is 11.8. The molecular formula is C18H18N4O2. The minimum Gasteiger partial charge on any atom is -0.361 e. The summed E-state index contributed by atoms with van der Waals surface area (Å²) in [5.74, 6) is -1.25. The van der Waals surface area contributed by atoms with Crippen LogP contribution in [0.1, 0.15) is 11.1 Å². The fourth-order valence-corrected chi connectivity index (χ4v) is 2.49. The first kappa shape index (κ1) is 15.7. The van der Waals surface area contributed by atoms with E-state index in [1.807, 2.05) is 30.5 Å². The highest BCUT2D eigenvalue weighted by atomic mass is 16.2. The molecular weight excluding hydrogens is 304 g/mol. The van der Waals surface area contributed by atoms with Gasteiger partial charge in [-0.2, -0.15) is 0 Å². The van der Waals surface area contributed by atoms with Crippen LogP contribution < -0.4 is 10.6 Å². The lowest BCUT2D eigenvalue weighted by Gasteiger charge is -2.06. The Morgan fingerprint density at radius 2 is 1.75 bits per heavy atom. The van der Waals surface area contributed by atoms with Crippen molar-refractivity contribution in [2.75, 3.05) is 6.54 Å². The van der Waals surface area contributed by atoms with Crippen molar-refractivity contribution in [2.45, 2.75) is 13.0 Å². The lowest BCUT2D eigenvalue weighted by Crippen LogP contribution is -2.40. The van der Waals surface area contributed by atoms with Crippen LogP contribution in [0.4, 0.5) is 0 Å². The predicted octanol–water partition coefficient (Wildman–Crippen LogP) is 1.54. The molecule has 2 heterocycles. The smallest absolute Gasteiger partial charge is 0.309 e. The van der Waals surface area contributed by atoms with Gasteiger partial charge >= 0.3 is 11.8 Å². The van der Waals surface area contributed by atoms with E-state index >= 15 is 0 Å². The molecule has 3 aromatic rings. The molecule has 0 saturated carbocycles. The zero-order valence-corrected chi connectivity index (χ0v) is 13.1. The Kier molecular flexibility index (Phi) is 4.86. The number of benzene rings is 1. The van der Waals surface area contributed by atoms with E-state index in [9.17, 15) is 9.59 Å². The van der Waals surface area contributed by atoms with Crippen molar-refractivity contribution in [3.05, 3.63) is 66.1 Å². The summed E-state index contributed by atoms with van der Waals surface area (Å²) >= 11 is 0. The van der Waals surface area contributed by atoms with Crippen molar-refractivity contribution in [3.8, 4) is 0 Å². The van der Waals surface area contributed by atoms with Crippen LogP contribution in [0.5, 0.6) is 0 Å². The average Bonchev–Trinajstić information content (AvgIpc) is 3.04. The van der Waals surface area contributed by atoms with E-state index in [1.165, 1.54) is 0 Å². The van der Waals surface area contributed by atoms with Gasteiger partial charge in [-0.15, -0.1) is 0 Å². The number of nitrogens with zero attached hydrogens (tertiary/aromatic N) is 1. The highest BCUT2D eigenvalue weighted by Gasteiger charge is 2.12. The molecule has 6 nitrogen and oxygen atoms in total. The zero-order chi connectivity index (χ0) is 16.8. The molecule has 0 aliphatic carbocycles. The molecule has 0 aliphatic heterocycles. The molecule has 1 aromatic carbocycles. The van der Waals surface area contributed by atoms with Crippen LogP contribution in [0.3, 0.4) is 0 Å². The molecule has 0 radical (unpaired) electrons. The van der Waals surface area contributed by atoms with Gasteiger partial charge in [0.2, 0.25) is 0 Å². The van der Waals surface area contributed by atoms with Crippen LogP contribution >= 0.6 is 0 Å². The maximum Gasteiger partial charge on any atom is 0.309 e. The van der Waals surface area contributed by atoms with Gasteiger partial charge in [0.15, 0.2) is 0 Å². The summed E-state index contributed by atoms with van der Waals surface area (Å²) in [5, 5.41) is 6.36. The van der Waals surface area contributed by atoms with Crippen LogP contribution in [0.15, 0.2) is 55.0 Å². The normalized spacial score (nSPS) is 10.5. The molecule has 0 fully saturated rings. The number of fused-ring (bicyclic) bond motifs is 1. The summed E-state index contributed by atoms with van der Waals surface area (Å²) in [6, 6.07) is 11.6. The molecule has 2 aromatic heterocycles. The molecule has 122 valence electrons. The first-order valence-corrected chi connectivity index (χ1v) is 7.74. The van der Waals surface area contributed by atoms with Crippen LogP contribution in [-0.2, 0) is 22.6 Å². The quantitative estimate of drug-likeness (QED) is 0.623. The third kappa shape index (κ3) is 3.78. The molecule has 2 amide bonds. The van der Waals surface area contributed by atoms with E-state index < -0.39 is 11.8 Å². The van der Waals surface area contributed by atoms with Gasteiger partial charge < -0.3 is 15.6 Å². The number of hydrogen-bond donors (Lipinski definition) is 3. The number of pyridine rings is 1. The second kappa shape index (κ2) is 7.41. The maximum absolute atomic E-state index is 11.8. The largest absolute Gasteiger partial charge is 0.361 e. The van der Waals surface area contributed by atoms with Crippen LogP contribution in [-0.4, -0.2) is 28.3 Å². The van der Waals surface area contributed by atoms with E-state index in [1.54, 1.807) is 24.5 Å². The average molecular weight is 322 g/mol. The Morgan fingerprint density at radius 3 is 2.58 bits per heavy atom. The van der Waals surface area contributed by atoms with Gasteiger partial charge in [-0.25, -0.2) is 0 Å².